The van der Waals surface area contributed by atoms with Crippen LogP contribution in [0.25, 0.3) is 0 Å². The second kappa shape index (κ2) is 6.65. The summed E-state index contributed by atoms with van der Waals surface area (Å²) in [5.74, 6) is -1.91. The fourth-order valence-electron chi connectivity index (χ4n) is 1.24. The van der Waals surface area contributed by atoms with Crippen LogP contribution in [0.4, 0.5) is 22.0 Å². The lowest BCUT2D eigenvalue weighted by molar-refractivity contribution is -0.173. The minimum absolute atomic E-state index is 0.0268. The van der Waals surface area contributed by atoms with Crippen molar-refractivity contribution < 1.29 is 26.7 Å². The summed E-state index contributed by atoms with van der Waals surface area (Å²) in [6.45, 7) is -1.33. The Kier molecular flexibility index (Phi) is 5.49. The molecule has 2 nitrogen and oxygen atoms in total. The lowest BCUT2D eigenvalue weighted by atomic mass is 10.2. The van der Waals surface area contributed by atoms with E-state index in [1.807, 2.05) is 0 Å². The number of halogens is 5. The van der Waals surface area contributed by atoms with Crippen LogP contribution >= 0.6 is 0 Å². The van der Waals surface area contributed by atoms with Crippen molar-refractivity contribution in [2.75, 3.05) is 19.8 Å². The molecule has 0 radical (unpaired) electrons. The molecule has 0 amide bonds. The Balaban J connectivity index is 2.20. The smallest absolute Gasteiger partial charge is 0.371 e. The van der Waals surface area contributed by atoms with Gasteiger partial charge in [0, 0.05) is 18.7 Å². The van der Waals surface area contributed by atoms with Gasteiger partial charge in [0.1, 0.15) is 6.61 Å². The second-order valence-electron chi connectivity index (χ2n) is 3.56. The first-order valence-electron chi connectivity index (χ1n) is 5.18. The van der Waals surface area contributed by atoms with Crippen LogP contribution in [0.3, 0.4) is 0 Å². The predicted molar refractivity (Wildman–Crippen MR) is 54.9 cm³/mol. The van der Waals surface area contributed by atoms with E-state index in [2.05, 4.69) is 10.1 Å². The molecule has 1 aromatic carbocycles. The molecule has 0 aliphatic carbocycles. The number of rotatable bonds is 6. The van der Waals surface area contributed by atoms with Gasteiger partial charge in [-0.3, -0.25) is 0 Å². The van der Waals surface area contributed by atoms with Gasteiger partial charge in [-0.1, -0.05) is 12.1 Å². The summed E-state index contributed by atoms with van der Waals surface area (Å²) in [6, 6.07) is 3.74. The van der Waals surface area contributed by atoms with Gasteiger partial charge in [-0.25, -0.2) is 8.78 Å². The van der Waals surface area contributed by atoms with Gasteiger partial charge >= 0.3 is 6.18 Å². The zero-order valence-electron chi connectivity index (χ0n) is 9.36. The van der Waals surface area contributed by atoms with Crippen LogP contribution in [0.15, 0.2) is 18.2 Å². The van der Waals surface area contributed by atoms with E-state index >= 15 is 0 Å². The van der Waals surface area contributed by atoms with Crippen molar-refractivity contribution in [3.8, 4) is 0 Å². The van der Waals surface area contributed by atoms with E-state index in [4.69, 9.17) is 0 Å². The maximum atomic E-state index is 13.1. The SMILES string of the molecule is Fc1cccc(CNCCOCC(F)(F)F)c1F. The molecule has 0 bridgehead atoms. The number of ether oxygens (including phenoxy) is 1. The minimum Gasteiger partial charge on any atom is -0.371 e. The van der Waals surface area contributed by atoms with E-state index in [-0.39, 0.29) is 25.3 Å². The molecule has 1 rings (SSSR count). The fourth-order valence-corrected chi connectivity index (χ4v) is 1.24. The van der Waals surface area contributed by atoms with Gasteiger partial charge in [0.25, 0.3) is 0 Å². The predicted octanol–water partition coefficient (Wildman–Crippen LogP) is 2.63. The molecule has 0 heterocycles. The van der Waals surface area contributed by atoms with Crippen LogP contribution in [-0.2, 0) is 11.3 Å². The highest BCUT2D eigenvalue weighted by atomic mass is 19.4. The van der Waals surface area contributed by atoms with Crippen LogP contribution in [-0.4, -0.2) is 25.9 Å². The maximum Gasteiger partial charge on any atom is 0.411 e. The molecule has 0 saturated heterocycles. The Morgan fingerprint density at radius 3 is 2.56 bits per heavy atom. The average molecular weight is 269 g/mol. The lowest BCUT2D eigenvalue weighted by Crippen LogP contribution is -2.24. The van der Waals surface area contributed by atoms with Gasteiger partial charge in [0.15, 0.2) is 11.6 Å². The van der Waals surface area contributed by atoms with Crippen molar-refractivity contribution >= 4 is 0 Å². The molecule has 1 N–H and O–H groups in total. The Labute approximate surface area is 101 Å². The summed E-state index contributed by atoms with van der Waals surface area (Å²) in [5, 5.41) is 2.66. The molecular weight excluding hydrogens is 257 g/mol. The maximum absolute atomic E-state index is 13.1. The standard InChI is InChI=1S/C11H12F5NO/c12-9-3-1-2-8(10(9)13)6-17-4-5-18-7-11(14,15)16/h1-3,17H,4-7H2. The van der Waals surface area contributed by atoms with Gasteiger partial charge < -0.3 is 10.1 Å². The molecule has 102 valence electrons. The van der Waals surface area contributed by atoms with Crippen molar-refractivity contribution in [3.63, 3.8) is 0 Å². The molecule has 0 unspecified atom stereocenters. The van der Waals surface area contributed by atoms with Crippen molar-refractivity contribution in [2.45, 2.75) is 12.7 Å². The summed E-state index contributed by atoms with van der Waals surface area (Å²) in [6.07, 6.45) is -4.35. The fraction of sp³-hybridized carbons (Fsp3) is 0.455. The van der Waals surface area contributed by atoms with E-state index < -0.39 is 24.4 Å². The number of hydrogen-bond donors (Lipinski definition) is 1. The first-order chi connectivity index (χ1) is 8.40. The third-order valence-electron chi connectivity index (χ3n) is 2.04. The van der Waals surface area contributed by atoms with Crippen LogP contribution in [0.2, 0.25) is 0 Å². The second-order valence-corrected chi connectivity index (χ2v) is 3.56. The van der Waals surface area contributed by atoms with Crippen molar-refractivity contribution in [2.24, 2.45) is 0 Å². The highest BCUT2D eigenvalue weighted by molar-refractivity contribution is 5.18. The molecule has 0 spiro atoms. The summed E-state index contributed by atoms with van der Waals surface area (Å²) in [4.78, 5) is 0. The molecule has 18 heavy (non-hydrogen) atoms. The monoisotopic (exact) mass is 269 g/mol. The molecule has 1 aromatic rings. The van der Waals surface area contributed by atoms with E-state index in [0.717, 1.165) is 6.07 Å². The zero-order chi connectivity index (χ0) is 13.6. The molecule has 0 fully saturated rings. The minimum atomic E-state index is -4.35. The summed E-state index contributed by atoms with van der Waals surface area (Å²) < 4.78 is 65.3. The molecule has 0 saturated carbocycles. The number of hydrogen-bond acceptors (Lipinski definition) is 2. The van der Waals surface area contributed by atoms with E-state index in [1.165, 1.54) is 12.1 Å². The number of nitrogens with one attached hydrogen (secondary N) is 1. The summed E-state index contributed by atoms with van der Waals surface area (Å²) in [7, 11) is 0. The van der Waals surface area contributed by atoms with Gasteiger partial charge in [0.05, 0.1) is 6.61 Å². The Hall–Kier alpha value is -1.21. The Morgan fingerprint density at radius 1 is 1.17 bits per heavy atom. The van der Waals surface area contributed by atoms with Crippen LogP contribution < -0.4 is 5.32 Å². The molecule has 0 aromatic heterocycles. The third kappa shape index (κ3) is 5.42. The van der Waals surface area contributed by atoms with Gasteiger partial charge in [-0.05, 0) is 6.07 Å². The zero-order valence-corrected chi connectivity index (χ0v) is 9.36. The first-order valence-corrected chi connectivity index (χ1v) is 5.18. The van der Waals surface area contributed by atoms with E-state index in [1.54, 1.807) is 0 Å². The largest absolute Gasteiger partial charge is 0.411 e. The molecule has 0 aliphatic heterocycles. The summed E-state index contributed by atoms with van der Waals surface area (Å²) in [5.41, 5.74) is 0.117. The highest BCUT2D eigenvalue weighted by Crippen LogP contribution is 2.14. The summed E-state index contributed by atoms with van der Waals surface area (Å²) >= 11 is 0. The Morgan fingerprint density at radius 2 is 1.89 bits per heavy atom. The molecule has 7 heteroatoms. The topological polar surface area (TPSA) is 21.3 Å². The van der Waals surface area contributed by atoms with Gasteiger partial charge in [0.2, 0.25) is 0 Å². The number of alkyl halides is 3. The average Bonchev–Trinajstić information content (AvgIpc) is 2.27. The molecule has 0 aliphatic rings. The highest BCUT2D eigenvalue weighted by Gasteiger charge is 2.27. The molecular formula is C11H12F5NO. The Bertz CT molecular complexity index is 380. The number of benzene rings is 1. The van der Waals surface area contributed by atoms with Crippen molar-refractivity contribution in [1.29, 1.82) is 0 Å². The first kappa shape index (κ1) is 14.8. The van der Waals surface area contributed by atoms with Crippen LogP contribution in [0, 0.1) is 11.6 Å². The van der Waals surface area contributed by atoms with E-state index in [9.17, 15) is 22.0 Å². The third-order valence-corrected chi connectivity index (χ3v) is 2.04. The van der Waals surface area contributed by atoms with Crippen LogP contribution in [0.1, 0.15) is 5.56 Å². The van der Waals surface area contributed by atoms with Gasteiger partial charge in [-0.2, -0.15) is 13.2 Å². The van der Waals surface area contributed by atoms with Crippen molar-refractivity contribution in [1.82, 2.24) is 5.32 Å². The van der Waals surface area contributed by atoms with E-state index in [0.29, 0.717) is 0 Å². The van der Waals surface area contributed by atoms with Crippen molar-refractivity contribution in [3.05, 3.63) is 35.4 Å². The molecule has 0 atom stereocenters. The lowest BCUT2D eigenvalue weighted by Gasteiger charge is -2.09. The normalized spacial score (nSPS) is 11.8. The quantitative estimate of drug-likeness (QED) is 0.633. The van der Waals surface area contributed by atoms with Crippen LogP contribution in [0.5, 0.6) is 0 Å². The van der Waals surface area contributed by atoms with Gasteiger partial charge in [-0.15, -0.1) is 0 Å².